The maximum Gasteiger partial charge on any atom is 0.253 e. The van der Waals surface area contributed by atoms with Crippen molar-refractivity contribution in [1.82, 2.24) is 0 Å². The number of nitrogen functional groups attached to an aromatic ring is 1. The van der Waals surface area contributed by atoms with Crippen molar-refractivity contribution in [3.8, 4) is 0 Å². The minimum absolute atomic E-state index is 0.0333. The molecule has 0 saturated carbocycles. The molecule has 2 N–H and O–H groups in total. The van der Waals surface area contributed by atoms with Crippen molar-refractivity contribution in [2.45, 2.75) is 6.92 Å². The third kappa shape index (κ3) is 4.01. The molecule has 1 amide bonds. The molecule has 0 aliphatic rings. The SMILES string of the molecule is CCN(C(=O)COCCOC)c1ccccc1N. The van der Waals surface area contributed by atoms with Crippen LogP contribution in [0.1, 0.15) is 6.92 Å². The molecule has 0 saturated heterocycles. The van der Waals surface area contributed by atoms with Gasteiger partial charge in [-0.05, 0) is 19.1 Å². The largest absolute Gasteiger partial charge is 0.397 e. The Labute approximate surface area is 107 Å². The minimum atomic E-state index is -0.105. The van der Waals surface area contributed by atoms with Gasteiger partial charge in [-0.15, -0.1) is 0 Å². The van der Waals surface area contributed by atoms with Gasteiger partial charge in [0.1, 0.15) is 6.61 Å². The molecule has 1 aromatic carbocycles. The van der Waals surface area contributed by atoms with E-state index in [0.717, 1.165) is 5.69 Å². The number of carbonyl (C=O) groups excluding carboxylic acids is 1. The van der Waals surface area contributed by atoms with Gasteiger partial charge in [0.05, 0.1) is 24.6 Å². The van der Waals surface area contributed by atoms with E-state index in [0.29, 0.717) is 25.4 Å². The van der Waals surface area contributed by atoms with Crippen LogP contribution in [0.5, 0.6) is 0 Å². The van der Waals surface area contributed by atoms with Crippen molar-refractivity contribution in [3.63, 3.8) is 0 Å². The number of nitrogens with two attached hydrogens (primary N) is 1. The standard InChI is InChI=1S/C13H20N2O3/c1-3-15(12-7-5-4-6-11(12)14)13(16)10-18-9-8-17-2/h4-7H,3,8-10,14H2,1-2H3. The van der Waals surface area contributed by atoms with Crippen molar-refractivity contribution in [1.29, 1.82) is 0 Å². The number of methoxy groups -OCH3 is 1. The van der Waals surface area contributed by atoms with Crippen molar-refractivity contribution in [3.05, 3.63) is 24.3 Å². The van der Waals surface area contributed by atoms with Crippen LogP contribution in [-0.2, 0) is 14.3 Å². The number of hydrogen-bond acceptors (Lipinski definition) is 4. The van der Waals surface area contributed by atoms with E-state index in [4.69, 9.17) is 15.2 Å². The highest BCUT2D eigenvalue weighted by Crippen LogP contribution is 2.22. The fraction of sp³-hybridized carbons (Fsp3) is 0.462. The molecule has 0 fully saturated rings. The Balaban J connectivity index is 2.60. The van der Waals surface area contributed by atoms with E-state index < -0.39 is 0 Å². The molecule has 0 heterocycles. The van der Waals surface area contributed by atoms with Crippen LogP contribution in [0.15, 0.2) is 24.3 Å². The summed E-state index contributed by atoms with van der Waals surface area (Å²) in [5.74, 6) is -0.105. The topological polar surface area (TPSA) is 64.8 Å². The number of anilines is 2. The summed E-state index contributed by atoms with van der Waals surface area (Å²) in [7, 11) is 1.59. The number of carbonyl (C=O) groups is 1. The fourth-order valence-electron chi connectivity index (χ4n) is 1.59. The number of benzene rings is 1. The van der Waals surface area contributed by atoms with Gasteiger partial charge in [-0.25, -0.2) is 0 Å². The lowest BCUT2D eigenvalue weighted by Gasteiger charge is -2.22. The molecule has 0 bridgehead atoms. The van der Waals surface area contributed by atoms with Gasteiger partial charge in [-0.2, -0.15) is 0 Å². The van der Waals surface area contributed by atoms with E-state index in [9.17, 15) is 4.79 Å². The zero-order chi connectivity index (χ0) is 13.4. The summed E-state index contributed by atoms with van der Waals surface area (Å²) in [6.07, 6.45) is 0. The van der Waals surface area contributed by atoms with Crippen molar-refractivity contribution < 1.29 is 14.3 Å². The first-order valence-corrected chi connectivity index (χ1v) is 5.92. The predicted octanol–water partition coefficient (Wildman–Crippen LogP) is 1.28. The van der Waals surface area contributed by atoms with Crippen LogP contribution < -0.4 is 10.6 Å². The summed E-state index contributed by atoms with van der Waals surface area (Å²) in [5, 5.41) is 0. The van der Waals surface area contributed by atoms with E-state index in [1.165, 1.54) is 0 Å². The maximum atomic E-state index is 12.0. The average molecular weight is 252 g/mol. The highest BCUT2D eigenvalue weighted by molar-refractivity contribution is 5.97. The van der Waals surface area contributed by atoms with Crippen LogP contribution in [0.2, 0.25) is 0 Å². The van der Waals surface area contributed by atoms with Crippen molar-refractivity contribution in [2.75, 3.05) is 44.1 Å². The monoisotopic (exact) mass is 252 g/mol. The Morgan fingerprint density at radius 3 is 2.67 bits per heavy atom. The fourth-order valence-corrected chi connectivity index (χ4v) is 1.59. The quantitative estimate of drug-likeness (QED) is 0.586. The molecule has 0 spiro atoms. The number of nitrogens with zero attached hydrogens (tertiary/aromatic N) is 1. The summed E-state index contributed by atoms with van der Waals surface area (Å²) < 4.78 is 10.1. The molecule has 0 unspecified atom stereocenters. The second kappa shape index (κ2) is 7.68. The summed E-state index contributed by atoms with van der Waals surface area (Å²) in [6.45, 7) is 3.38. The average Bonchev–Trinajstić information content (AvgIpc) is 2.38. The Morgan fingerprint density at radius 1 is 1.33 bits per heavy atom. The molecular formula is C13H20N2O3. The van der Waals surface area contributed by atoms with Crippen LogP contribution in [0.3, 0.4) is 0 Å². The van der Waals surface area contributed by atoms with Crippen LogP contribution in [0.25, 0.3) is 0 Å². The number of para-hydroxylation sites is 2. The van der Waals surface area contributed by atoms with Crippen LogP contribution in [0.4, 0.5) is 11.4 Å². The van der Waals surface area contributed by atoms with Crippen LogP contribution in [0, 0.1) is 0 Å². The normalized spacial score (nSPS) is 10.3. The molecule has 0 aromatic heterocycles. The molecule has 0 aliphatic heterocycles. The Kier molecular flexibility index (Phi) is 6.18. The molecule has 100 valence electrons. The number of ether oxygens (including phenoxy) is 2. The van der Waals surface area contributed by atoms with Gasteiger partial charge in [-0.3, -0.25) is 4.79 Å². The molecule has 0 atom stereocenters. The lowest BCUT2D eigenvalue weighted by atomic mass is 10.2. The zero-order valence-electron chi connectivity index (χ0n) is 10.9. The van der Waals surface area contributed by atoms with Gasteiger partial charge in [0, 0.05) is 13.7 Å². The zero-order valence-corrected chi connectivity index (χ0v) is 10.9. The lowest BCUT2D eigenvalue weighted by molar-refractivity contribution is -0.123. The van der Waals surface area contributed by atoms with E-state index in [2.05, 4.69) is 0 Å². The number of hydrogen-bond donors (Lipinski definition) is 1. The third-order valence-corrected chi connectivity index (χ3v) is 2.50. The van der Waals surface area contributed by atoms with Crippen LogP contribution in [-0.4, -0.2) is 39.4 Å². The molecule has 0 aliphatic carbocycles. The smallest absolute Gasteiger partial charge is 0.253 e. The summed E-state index contributed by atoms with van der Waals surface area (Å²) in [5.41, 5.74) is 7.17. The predicted molar refractivity (Wildman–Crippen MR) is 71.6 cm³/mol. The summed E-state index contributed by atoms with van der Waals surface area (Å²) >= 11 is 0. The van der Waals surface area contributed by atoms with E-state index in [1.807, 2.05) is 25.1 Å². The van der Waals surface area contributed by atoms with E-state index in [1.54, 1.807) is 18.1 Å². The van der Waals surface area contributed by atoms with Crippen molar-refractivity contribution >= 4 is 17.3 Å². The Hall–Kier alpha value is -1.59. The molecule has 1 aromatic rings. The molecule has 5 nitrogen and oxygen atoms in total. The van der Waals surface area contributed by atoms with Gasteiger partial charge in [0.15, 0.2) is 0 Å². The maximum absolute atomic E-state index is 12.0. The van der Waals surface area contributed by atoms with Gasteiger partial charge in [0.25, 0.3) is 5.91 Å². The number of likely N-dealkylation sites (N-methyl/N-ethyl adjacent to an activating group) is 1. The molecular weight excluding hydrogens is 232 g/mol. The van der Waals surface area contributed by atoms with Gasteiger partial charge in [0.2, 0.25) is 0 Å². The number of amides is 1. The highest BCUT2D eigenvalue weighted by Gasteiger charge is 2.15. The second-order valence-electron chi connectivity index (χ2n) is 3.74. The summed E-state index contributed by atoms with van der Waals surface area (Å²) in [6, 6.07) is 7.29. The third-order valence-electron chi connectivity index (χ3n) is 2.50. The first-order valence-electron chi connectivity index (χ1n) is 5.92. The van der Waals surface area contributed by atoms with Gasteiger partial charge >= 0.3 is 0 Å². The molecule has 5 heteroatoms. The molecule has 18 heavy (non-hydrogen) atoms. The number of rotatable bonds is 7. The molecule has 1 rings (SSSR count). The lowest BCUT2D eigenvalue weighted by Crippen LogP contribution is -2.34. The van der Waals surface area contributed by atoms with E-state index in [-0.39, 0.29) is 12.5 Å². The Bertz CT molecular complexity index is 382. The first-order chi connectivity index (χ1) is 8.70. The van der Waals surface area contributed by atoms with Gasteiger partial charge in [-0.1, -0.05) is 12.1 Å². The van der Waals surface area contributed by atoms with Crippen LogP contribution >= 0.6 is 0 Å². The summed E-state index contributed by atoms with van der Waals surface area (Å²) in [4.78, 5) is 13.6. The van der Waals surface area contributed by atoms with Gasteiger partial charge < -0.3 is 20.1 Å². The molecule has 0 radical (unpaired) electrons. The first kappa shape index (κ1) is 14.5. The minimum Gasteiger partial charge on any atom is -0.397 e. The Morgan fingerprint density at radius 2 is 2.06 bits per heavy atom. The van der Waals surface area contributed by atoms with E-state index >= 15 is 0 Å². The highest BCUT2D eigenvalue weighted by atomic mass is 16.5. The second-order valence-corrected chi connectivity index (χ2v) is 3.74. The van der Waals surface area contributed by atoms with Crippen molar-refractivity contribution in [2.24, 2.45) is 0 Å².